The molecule has 0 atom stereocenters. The van der Waals surface area contributed by atoms with Gasteiger partial charge in [0.15, 0.2) is 0 Å². The zero-order chi connectivity index (χ0) is 16.4. The van der Waals surface area contributed by atoms with Gasteiger partial charge in [-0.2, -0.15) is 0 Å². The fraction of sp³-hybridized carbons (Fsp3) is 0.125. The number of rotatable bonds is 3. The molecule has 118 valence electrons. The van der Waals surface area contributed by atoms with Crippen molar-refractivity contribution >= 4 is 50.9 Å². The van der Waals surface area contributed by atoms with Crippen molar-refractivity contribution in [3.63, 3.8) is 0 Å². The van der Waals surface area contributed by atoms with Crippen molar-refractivity contribution in [1.82, 2.24) is 0 Å². The highest BCUT2D eigenvalue weighted by molar-refractivity contribution is 9.10. The number of anilines is 2. The summed E-state index contributed by atoms with van der Waals surface area (Å²) < 4.78 is 14.4. The molecule has 2 amide bonds. The van der Waals surface area contributed by atoms with Crippen LogP contribution < -0.4 is 10.2 Å². The van der Waals surface area contributed by atoms with E-state index in [1.165, 1.54) is 28.8 Å². The molecule has 1 N–H and O–H groups in total. The average Bonchev–Trinajstić information content (AvgIpc) is 2.53. The molecule has 7 heteroatoms. The number of hydrogen-bond acceptors (Lipinski definition) is 3. The highest BCUT2D eigenvalue weighted by Gasteiger charge is 2.26. The van der Waals surface area contributed by atoms with E-state index in [1.807, 2.05) is 18.2 Å². The Morgan fingerprint density at radius 1 is 1.30 bits per heavy atom. The molecule has 1 heterocycles. The number of carbonyl (C=O) groups excluding carboxylic acids is 2. The van der Waals surface area contributed by atoms with Crippen LogP contribution in [0.1, 0.15) is 0 Å². The van der Waals surface area contributed by atoms with Crippen molar-refractivity contribution in [2.24, 2.45) is 0 Å². The molecular formula is C16H12BrFN2O2S. The summed E-state index contributed by atoms with van der Waals surface area (Å²) in [5, 5.41) is 2.50. The minimum Gasteiger partial charge on any atom is -0.322 e. The third kappa shape index (κ3) is 3.56. The van der Waals surface area contributed by atoms with Gasteiger partial charge in [-0.15, -0.1) is 11.8 Å². The van der Waals surface area contributed by atoms with E-state index < -0.39 is 11.7 Å². The van der Waals surface area contributed by atoms with Crippen LogP contribution in [0.15, 0.2) is 51.8 Å². The minimum atomic E-state index is -0.534. The Hall–Kier alpha value is -1.86. The Morgan fingerprint density at radius 3 is 2.87 bits per heavy atom. The van der Waals surface area contributed by atoms with Gasteiger partial charge in [-0.1, -0.05) is 28.1 Å². The fourth-order valence-corrected chi connectivity index (χ4v) is 3.52. The predicted molar refractivity (Wildman–Crippen MR) is 92.2 cm³/mol. The van der Waals surface area contributed by atoms with Crippen LogP contribution in [0.25, 0.3) is 0 Å². The largest absolute Gasteiger partial charge is 0.322 e. The van der Waals surface area contributed by atoms with E-state index in [2.05, 4.69) is 21.2 Å². The number of nitrogens with one attached hydrogen (secondary N) is 1. The summed E-state index contributed by atoms with van der Waals surface area (Å²) in [5.74, 6) is -0.827. The second kappa shape index (κ2) is 6.72. The molecule has 23 heavy (non-hydrogen) atoms. The van der Waals surface area contributed by atoms with E-state index in [0.29, 0.717) is 10.2 Å². The fourth-order valence-electron chi connectivity index (χ4n) is 2.25. The van der Waals surface area contributed by atoms with Gasteiger partial charge < -0.3 is 10.2 Å². The van der Waals surface area contributed by atoms with Gasteiger partial charge in [0.1, 0.15) is 12.4 Å². The number of nitrogens with zero attached hydrogens (tertiary/aromatic N) is 1. The normalized spacial score (nSPS) is 13.7. The lowest BCUT2D eigenvalue weighted by atomic mass is 10.2. The number of thioether (sulfide) groups is 1. The standard InChI is InChI=1S/C16H12BrFN2O2S/c17-10-5-6-12(11(18)7-10)19-15(21)8-20-13-3-1-2-4-14(13)23-9-16(20)22/h1-7H,8-9H2,(H,19,21). The molecule has 0 saturated heterocycles. The van der Waals surface area contributed by atoms with Gasteiger partial charge in [-0.3, -0.25) is 9.59 Å². The zero-order valence-corrected chi connectivity index (χ0v) is 14.3. The summed E-state index contributed by atoms with van der Waals surface area (Å²) in [6.07, 6.45) is 0. The number of hydrogen-bond donors (Lipinski definition) is 1. The van der Waals surface area contributed by atoms with E-state index in [0.717, 1.165) is 4.90 Å². The topological polar surface area (TPSA) is 49.4 Å². The third-order valence-corrected chi connectivity index (χ3v) is 4.86. The first-order valence-electron chi connectivity index (χ1n) is 6.81. The van der Waals surface area contributed by atoms with E-state index in [-0.39, 0.29) is 23.9 Å². The number of carbonyl (C=O) groups is 2. The van der Waals surface area contributed by atoms with Gasteiger partial charge in [0.2, 0.25) is 11.8 Å². The summed E-state index contributed by atoms with van der Waals surface area (Å²) in [7, 11) is 0. The molecule has 0 radical (unpaired) electrons. The Labute approximate surface area is 145 Å². The van der Waals surface area contributed by atoms with Crippen molar-refractivity contribution in [3.05, 3.63) is 52.8 Å². The molecular weight excluding hydrogens is 383 g/mol. The number of para-hydroxylation sites is 1. The molecule has 0 aliphatic carbocycles. The first-order chi connectivity index (χ1) is 11.0. The molecule has 0 saturated carbocycles. The van der Waals surface area contributed by atoms with Crippen molar-refractivity contribution in [2.45, 2.75) is 4.90 Å². The van der Waals surface area contributed by atoms with Crippen LogP contribution in [0.4, 0.5) is 15.8 Å². The summed E-state index contributed by atoms with van der Waals surface area (Å²) in [6.45, 7) is -0.147. The molecule has 0 spiro atoms. The lowest BCUT2D eigenvalue weighted by Gasteiger charge is -2.28. The van der Waals surface area contributed by atoms with Crippen molar-refractivity contribution in [3.8, 4) is 0 Å². The molecule has 0 unspecified atom stereocenters. The molecule has 4 nitrogen and oxygen atoms in total. The molecule has 1 aliphatic rings. The van der Waals surface area contributed by atoms with Gasteiger partial charge in [0, 0.05) is 9.37 Å². The molecule has 2 aromatic rings. The lowest BCUT2D eigenvalue weighted by molar-refractivity contribution is -0.120. The average molecular weight is 395 g/mol. The van der Waals surface area contributed by atoms with Gasteiger partial charge in [-0.25, -0.2) is 4.39 Å². The Morgan fingerprint density at radius 2 is 2.09 bits per heavy atom. The maximum atomic E-state index is 13.8. The smallest absolute Gasteiger partial charge is 0.244 e. The SMILES string of the molecule is O=C(CN1C(=O)CSc2ccccc21)Nc1ccc(Br)cc1F. The predicted octanol–water partition coefficient (Wildman–Crippen LogP) is 3.67. The maximum Gasteiger partial charge on any atom is 0.244 e. The molecule has 0 fully saturated rings. The summed E-state index contributed by atoms with van der Waals surface area (Å²) in [6, 6.07) is 11.8. The Kier molecular flexibility index (Phi) is 4.68. The first kappa shape index (κ1) is 16.0. The molecule has 2 aromatic carbocycles. The first-order valence-corrected chi connectivity index (χ1v) is 8.59. The van der Waals surface area contributed by atoms with Gasteiger partial charge in [0.05, 0.1) is 17.1 Å². The van der Waals surface area contributed by atoms with Gasteiger partial charge >= 0.3 is 0 Å². The van der Waals surface area contributed by atoms with Crippen LogP contribution in [-0.2, 0) is 9.59 Å². The molecule has 0 bridgehead atoms. The van der Waals surface area contributed by atoms with Crippen LogP contribution in [0.2, 0.25) is 0 Å². The van der Waals surface area contributed by atoms with Gasteiger partial charge in [-0.05, 0) is 30.3 Å². The molecule has 0 aromatic heterocycles. The van der Waals surface area contributed by atoms with E-state index in [9.17, 15) is 14.0 Å². The van der Waals surface area contributed by atoms with Crippen LogP contribution in [0.3, 0.4) is 0 Å². The number of fused-ring (bicyclic) bond motifs is 1. The quantitative estimate of drug-likeness (QED) is 0.863. The van der Waals surface area contributed by atoms with Gasteiger partial charge in [0.25, 0.3) is 0 Å². The van der Waals surface area contributed by atoms with E-state index >= 15 is 0 Å². The van der Waals surface area contributed by atoms with Crippen LogP contribution in [0.5, 0.6) is 0 Å². The summed E-state index contributed by atoms with van der Waals surface area (Å²) >= 11 is 4.61. The summed E-state index contributed by atoms with van der Waals surface area (Å²) in [4.78, 5) is 26.7. The van der Waals surface area contributed by atoms with Crippen LogP contribution >= 0.6 is 27.7 Å². The zero-order valence-electron chi connectivity index (χ0n) is 11.9. The Bertz CT molecular complexity index is 784. The van der Waals surface area contributed by atoms with Crippen molar-refractivity contribution in [1.29, 1.82) is 0 Å². The lowest BCUT2D eigenvalue weighted by Crippen LogP contribution is -2.41. The van der Waals surface area contributed by atoms with E-state index in [1.54, 1.807) is 12.1 Å². The Balaban J connectivity index is 1.76. The third-order valence-electron chi connectivity index (χ3n) is 3.32. The van der Waals surface area contributed by atoms with Crippen LogP contribution in [0, 0.1) is 5.82 Å². The highest BCUT2D eigenvalue weighted by atomic mass is 79.9. The monoisotopic (exact) mass is 394 g/mol. The van der Waals surface area contributed by atoms with E-state index in [4.69, 9.17) is 0 Å². The number of amides is 2. The summed E-state index contributed by atoms with van der Waals surface area (Å²) in [5.41, 5.74) is 0.797. The molecule has 1 aliphatic heterocycles. The minimum absolute atomic E-state index is 0.0883. The van der Waals surface area contributed by atoms with Crippen molar-refractivity contribution in [2.75, 3.05) is 22.5 Å². The molecule has 3 rings (SSSR count). The number of benzene rings is 2. The van der Waals surface area contributed by atoms with Crippen LogP contribution in [-0.4, -0.2) is 24.1 Å². The highest BCUT2D eigenvalue weighted by Crippen LogP contribution is 2.34. The second-order valence-corrected chi connectivity index (χ2v) is 6.84. The maximum absolute atomic E-state index is 13.8. The number of halogens is 2. The van der Waals surface area contributed by atoms with Crippen molar-refractivity contribution < 1.29 is 14.0 Å². The second-order valence-electron chi connectivity index (χ2n) is 4.91.